The molecule has 0 N–H and O–H groups in total. The number of rotatable bonds is 4. The first-order chi connectivity index (χ1) is 8.01. The van der Waals surface area contributed by atoms with E-state index >= 15 is 0 Å². The Balaban J connectivity index is 3.31. The van der Waals surface area contributed by atoms with E-state index in [1.807, 2.05) is 0 Å². The van der Waals surface area contributed by atoms with E-state index in [0.29, 0.717) is 6.29 Å². The Hall–Kier alpha value is -1.24. The van der Waals surface area contributed by atoms with Crippen LogP contribution in [0.25, 0.3) is 0 Å². The molecule has 0 aromatic heterocycles. The Kier molecular flexibility index (Phi) is 4.80. The van der Waals surface area contributed by atoms with E-state index in [9.17, 15) is 18.4 Å². The molecule has 0 bridgehead atoms. The van der Waals surface area contributed by atoms with Gasteiger partial charge in [-0.05, 0) is 11.6 Å². The Morgan fingerprint density at radius 3 is 2.71 bits per heavy atom. The monoisotopic (exact) mass is 275 g/mol. The minimum absolute atomic E-state index is 0.0150. The number of halogens is 1. The average Bonchev–Trinajstić information content (AvgIpc) is 2.28. The zero-order chi connectivity index (χ0) is 13.0. The quantitative estimate of drug-likeness (QED) is 0.470. The molecular weight excluding hydrogens is 268 g/mol. The van der Waals surface area contributed by atoms with E-state index in [-0.39, 0.29) is 27.5 Å². The Morgan fingerprint density at radius 2 is 2.24 bits per heavy atom. The van der Waals surface area contributed by atoms with Crippen LogP contribution in [0.15, 0.2) is 12.1 Å². The molecule has 0 radical (unpaired) electrons. The molecule has 7 heteroatoms. The minimum Gasteiger partial charge on any atom is -0.772 e. The predicted octanol–water partition coefficient (Wildman–Crippen LogP) is 1.32. The molecule has 0 aliphatic rings. The van der Waals surface area contributed by atoms with Crippen LogP contribution in [0.1, 0.15) is 26.3 Å². The van der Waals surface area contributed by atoms with E-state index in [4.69, 9.17) is 11.6 Å². The first-order valence-corrected chi connectivity index (χ1v) is 6.04. The highest BCUT2D eigenvalue weighted by Crippen LogP contribution is 2.24. The van der Waals surface area contributed by atoms with Gasteiger partial charge in [0.25, 0.3) is 0 Å². The van der Waals surface area contributed by atoms with Gasteiger partial charge in [-0.1, -0.05) is 28.7 Å². The van der Waals surface area contributed by atoms with Crippen molar-refractivity contribution in [2.75, 3.05) is 7.11 Å². The summed E-state index contributed by atoms with van der Waals surface area (Å²) >= 11 is 3.50. The first-order valence-electron chi connectivity index (χ1n) is 4.42. The van der Waals surface area contributed by atoms with Gasteiger partial charge in [-0.15, -0.1) is 0 Å². The smallest absolute Gasteiger partial charge is 0.339 e. The summed E-state index contributed by atoms with van der Waals surface area (Å²) in [6.07, 6.45) is 0.414. The lowest BCUT2D eigenvalue weighted by atomic mass is 10.1. The summed E-state index contributed by atoms with van der Waals surface area (Å²) < 4.78 is 25.6. The van der Waals surface area contributed by atoms with Crippen LogP contribution in [-0.4, -0.2) is 28.1 Å². The van der Waals surface area contributed by atoms with E-state index in [1.165, 1.54) is 19.2 Å². The van der Waals surface area contributed by atoms with Gasteiger partial charge < -0.3 is 9.29 Å². The second kappa shape index (κ2) is 5.90. The summed E-state index contributed by atoms with van der Waals surface area (Å²) in [6, 6.07) is 2.68. The molecule has 0 spiro atoms. The molecule has 0 amide bonds. The van der Waals surface area contributed by atoms with E-state index in [2.05, 4.69) is 4.74 Å². The van der Waals surface area contributed by atoms with Gasteiger partial charge in [0.2, 0.25) is 0 Å². The highest BCUT2D eigenvalue weighted by molar-refractivity contribution is 7.78. The van der Waals surface area contributed by atoms with Crippen molar-refractivity contribution < 1.29 is 23.1 Å². The second-order valence-electron chi connectivity index (χ2n) is 3.06. The number of ether oxygens (including phenoxy) is 1. The summed E-state index contributed by atoms with van der Waals surface area (Å²) in [5.41, 5.74) is 0.251. The van der Waals surface area contributed by atoms with Gasteiger partial charge >= 0.3 is 5.97 Å². The summed E-state index contributed by atoms with van der Waals surface area (Å²) in [6.45, 7) is 0. The van der Waals surface area contributed by atoms with Crippen molar-refractivity contribution in [2.24, 2.45) is 0 Å². The van der Waals surface area contributed by atoms with Crippen molar-refractivity contribution in [2.45, 2.75) is 5.75 Å². The van der Waals surface area contributed by atoms with Crippen molar-refractivity contribution >= 4 is 34.9 Å². The van der Waals surface area contributed by atoms with E-state index < -0.39 is 17.0 Å². The number of carbonyl (C=O) groups excluding carboxylic acids is 2. The molecule has 0 heterocycles. The summed E-state index contributed by atoms with van der Waals surface area (Å²) in [5.74, 6) is -1.03. The SMILES string of the molecule is COC(=O)c1ccc(CS(=O)[O-])c(C=O)c1Cl. The number of hydrogen-bond acceptors (Lipinski definition) is 5. The van der Waals surface area contributed by atoms with Crippen LogP contribution >= 0.6 is 11.6 Å². The zero-order valence-corrected chi connectivity index (χ0v) is 10.3. The maximum atomic E-state index is 11.3. The molecule has 1 aromatic carbocycles. The normalized spacial score (nSPS) is 11.9. The highest BCUT2D eigenvalue weighted by Gasteiger charge is 2.16. The molecule has 5 nitrogen and oxygen atoms in total. The number of methoxy groups -OCH3 is 1. The lowest BCUT2D eigenvalue weighted by molar-refractivity contribution is 0.0601. The van der Waals surface area contributed by atoms with Crippen molar-refractivity contribution in [3.8, 4) is 0 Å². The van der Waals surface area contributed by atoms with Crippen LogP contribution in [0.4, 0.5) is 0 Å². The van der Waals surface area contributed by atoms with Crippen LogP contribution in [0, 0.1) is 0 Å². The Morgan fingerprint density at radius 1 is 1.59 bits per heavy atom. The number of esters is 1. The molecule has 1 atom stereocenters. The first kappa shape index (κ1) is 13.8. The van der Waals surface area contributed by atoms with Gasteiger partial charge in [0.05, 0.1) is 17.7 Å². The van der Waals surface area contributed by atoms with Crippen LogP contribution in [-0.2, 0) is 21.6 Å². The maximum Gasteiger partial charge on any atom is 0.339 e. The molecule has 1 rings (SSSR count). The van der Waals surface area contributed by atoms with Gasteiger partial charge in [0.15, 0.2) is 6.29 Å². The van der Waals surface area contributed by atoms with Crippen LogP contribution in [0.2, 0.25) is 5.02 Å². The molecule has 0 fully saturated rings. The predicted molar refractivity (Wildman–Crippen MR) is 60.8 cm³/mol. The Labute approximate surface area is 105 Å². The van der Waals surface area contributed by atoms with Crippen LogP contribution in [0.3, 0.4) is 0 Å². The van der Waals surface area contributed by atoms with E-state index in [0.717, 1.165) is 0 Å². The van der Waals surface area contributed by atoms with Crippen molar-refractivity contribution in [1.29, 1.82) is 0 Å². The zero-order valence-electron chi connectivity index (χ0n) is 8.77. The number of benzene rings is 1. The summed E-state index contributed by atoms with van der Waals surface area (Å²) in [4.78, 5) is 22.1. The summed E-state index contributed by atoms with van der Waals surface area (Å²) in [7, 11) is 1.18. The molecule has 1 aromatic rings. The van der Waals surface area contributed by atoms with Crippen molar-refractivity contribution in [1.82, 2.24) is 0 Å². The fraction of sp³-hybridized carbons (Fsp3) is 0.200. The lowest BCUT2D eigenvalue weighted by Crippen LogP contribution is -2.07. The fourth-order valence-corrected chi connectivity index (χ4v) is 2.09. The molecular formula is C10H8ClO5S-. The highest BCUT2D eigenvalue weighted by atomic mass is 35.5. The third kappa shape index (κ3) is 3.12. The molecule has 17 heavy (non-hydrogen) atoms. The van der Waals surface area contributed by atoms with Gasteiger partial charge in [-0.25, -0.2) is 4.79 Å². The standard InChI is InChI=1S/C10H9ClO5S/c1-16-10(13)7-3-2-6(5-17(14)15)8(4-12)9(7)11/h2-4H,5H2,1H3,(H,14,15)/p-1. The lowest BCUT2D eigenvalue weighted by Gasteiger charge is -2.11. The molecule has 0 saturated carbocycles. The second-order valence-corrected chi connectivity index (χ2v) is 4.33. The van der Waals surface area contributed by atoms with Crippen LogP contribution < -0.4 is 0 Å². The largest absolute Gasteiger partial charge is 0.772 e. The maximum absolute atomic E-state index is 11.3. The molecule has 0 aliphatic heterocycles. The van der Waals surface area contributed by atoms with Gasteiger partial charge in [-0.2, -0.15) is 0 Å². The van der Waals surface area contributed by atoms with Gasteiger partial charge in [-0.3, -0.25) is 9.00 Å². The molecule has 92 valence electrons. The van der Waals surface area contributed by atoms with Crippen molar-refractivity contribution in [3.05, 3.63) is 33.8 Å². The van der Waals surface area contributed by atoms with E-state index in [1.54, 1.807) is 0 Å². The summed E-state index contributed by atoms with van der Waals surface area (Å²) in [5, 5.41) is -0.102. The van der Waals surface area contributed by atoms with Gasteiger partial charge in [0.1, 0.15) is 0 Å². The van der Waals surface area contributed by atoms with Crippen LogP contribution in [0.5, 0.6) is 0 Å². The van der Waals surface area contributed by atoms with Crippen molar-refractivity contribution in [3.63, 3.8) is 0 Å². The fourth-order valence-electron chi connectivity index (χ4n) is 1.28. The van der Waals surface area contributed by atoms with Gasteiger partial charge in [0, 0.05) is 11.3 Å². The third-order valence-corrected chi connectivity index (χ3v) is 3.02. The topological polar surface area (TPSA) is 83.5 Å². The number of aldehydes is 1. The minimum atomic E-state index is -2.34. The average molecular weight is 276 g/mol. The Bertz CT molecular complexity index is 486. The number of carbonyl (C=O) groups is 2. The third-order valence-electron chi connectivity index (χ3n) is 2.07. The molecule has 1 unspecified atom stereocenters. The molecule has 0 saturated heterocycles. The number of hydrogen-bond donors (Lipinski definition) is 0. The molecule has 0 aliphatic carbocycles.